The summed E-state index contributed by atoms with van der Waals surface area (Å²) in [6, 6.07) is 3.49. The van der Waals surface area contributed by atoms with Crippen LogP contribution in [-0.2, 0) is 10.0 Å². The molecule has 7 heteroatoms. The Balaban J connectivity index is 0.00000200. The minimum absolute atomic E-state index is 0. The zero-order valence-electron chi connectivity index (χ0n) is 11.9. The molecule has 0 spiro atoms. The van der Waals surface area contributed by atoms with Gasteiger partial charge < -0.3 is 10.5 Å². The number of hydrogen-bond donors (Lipinski definition) is 1. The van der Waals surface area contributed by atoms with Crippen LogP contribution < -0.4 is 10.5 Å². The number of benzene rings is 1. The first-order valence-corrected chi connectivity index (χ1v) is 7.71. The summed E-state index contributed by atoms with van der Waals surface area (Å²) in [6.07, 6.45) is 0.701. The number of rotatable bonds is 3. The predicted molar refractivity (Wildman–Crippen MR) is 81.1 cm³/mol. The van der Waals surface area contributed by atoms with Crippen molar-refractivity contribution in [2.45, 2.75) is 31.2 Å². The molecule has 0 radical (unpaired) electrons. The lowest BCUT2D eigenvalue weighted by Crippen LogP contribution is -2.32. The number of sulfonamides is 1. The molecule has 20 heavy (non-hydrogen) atoms. The molecular weight excluding hydrogens is 300 g/mol. The molecule has 0 bridgehead atoms. The molecular formula is C13H21ClN2O3S. The summed E-state index contributed by atoms with van der Waals surface area (Å²) in [5.41, 5.74) is 7.52. The maximum Gasteiger partial charge on any atom is 0.246 e. The van der Waals surface area contributed by atoms with Crippen molar-refractivity contribution < 1.29 is 13.2 Å². The van der Waals surface area contributed by atoms with Crippen LogP contribution in [0, 0.1) is 13.8 Å². The Hall–Kier alpha value is -0.820. The summed E-state index contributed by atoms with van der Waals surface area (Å²) in [4.78, 5) is 0.238. The van der Waals surface area contributed by atoms with Crippen molar-refractivity contribution in [1.82, 2.24) is 4.31 Å². The molecule has 1 fully saturated rings. The van der Waals surface area contributed by atoms with Gasteiger partial charge in [-0.3, -0.25) is 0 Å². The van der Waals surface area contributed by atoms with Crippen LogP contribution in [0.5, 0.6) is 5.75 Å². The van der Waals surface area contributed by atoms with Gasteiger partial charge in [0.15, 0.2) is 0 Å². The highest BCUT2D eigenvalue weighted by Gasteiger charge is 2.33. The fourth-order valence-corrected chi connectivity index (χ4v) is 4.31. The highest BCUT2D eigenvalue weighted by molar-refractivity contribution is 7.89. The smallest absolute Gasteiger partial charge is 0.246 e. The predicted octanol–water partition coefficient (Wildman–Crippen LogP) is 1.46. The molecule has 1 atom stereocenters. The van der Waals surface area contributed by atoms with Gasteiger partial charge in [0.05, 0.1) is 7.11 Å². The molecule has 5 nitrogen and oxygen atoms in total. The average molecular weight is 321 g/mol. The van der Waals surface area contributed by atoms with E-state index in [1.165, 1.54) is 11.4 Å². The molecule has 1 heterocycles. The highest BCUT2D eigenvalue weighted by atomic mass is 35.5. The molecule has 2 rings (SSSR count). The Morgan fingerprint density at radius 2 is 2.00 bits per heavy atom. The minimum Gasteiger partial charge on any atom is -0.495 e. The molecule has 0 aromatic heterocycles. The first-order valence-electron chi connectivity index (χ1n) is 6.27. The second-order valence-electron chi connectivity index (χ2n) is 5.03. The van der Waals surface area contributed by atoms with E-state index in [9.17, 15) is 8.42 Å². The lowest BCUT2D eigenvalue weighted by atomic mass is 10.1. The maximum absolute atomic E-state index is 12.7. The van der Waals surface area contributed by atoms with Gasteiger partial charge in [-0.25, -0.2) is 8.42 Å². The summed E-state index contributed by atoms with van der Waals surface area (Å²) in [5.74, 6) is 0.422. The molecule has 1 aliphatic rings. The fraction of sp³-hybridized carbons (Fsp3) is 0.538. The van der Waals surface area contributed by atoms with E-state index in [0.29, 0.717) is 25.3 Å². The van der Waals surface area contributed by atoms with Crippen molar-refractivity contribution in [3.63, 3.8) is 0 Å². The number of methoxy groups -OCH3 is 1. The molecule has 0 amide bonds. The SMILES string of the molecule is COc1c(C)cc(C)cc1S(=O)(=O)N1CC[C@H](N)C1.Cl. The normalized spacial score (nSPS) is 19.7. The van der Waals surface area contributed by atoms with Crippen LogP contribution in [0.15, 0.2) is 17.0 Å². The maximum atomic E-state index is 12.7. The van der Waals surface area contributed by atoms with Crippen molar-refractivity contribution in [3.05, 3.63) is 23.3 Å². The number of ether oxygens (including phenoxy) is 1. The number of aryl methyl sites for hydroxylation is 2. The second kappa shape index (κ2) is 6.30. The van der Waals surface area contributed by atoms with Crippen molar-refractivity contribution in [2.75, 3.05) is 20.2 Å². The van der Waals surface area contributed by atoms with Crippen LogP contribution >= 0.6 is 12.4 Å². The summed E-state index contributed by atoms with van der Waals surface area (Å²) in [7, 11) is -2.04. The molecule has 0 saturated carbocycles. The summed E-state index contributed by atoms with van der Waals surface area (Å²) < 4.78 is 32.0. The average Bonchev–Trinajstić information content (AvgIpc) is 2.75. The molecule has 0 unspecified atom stereocenters. The Morgan fingerprint density at radius 1 is 1.35 bits per heavy atom. The van der Waals surface area contributed by atoms with Crippen LogP contribution in [0.4, 0.5) is 0 Å². The van der Waals surface area contributed by atoms with Crippen LogP contribution in [-0.4, -0.2) is 39.0 Å². The van der Waals surface area contributed by atoms with E-state index in [0.717, 1.165) is 11.1 Å². The van der Waals surface area contributed by atoms with Gasteiger partial charge >= 0.3 is 0 Å². The van der Waals surface area contributed by atoms with E-state index in [1.807, 2.05) is 19.9 Å². The quantitative estimate of drug-likeness (QED) is 0.915. The van der Waals surface area contributed by atoms with E-state index in [4.69, 9.17) is 10.5 Å². The Labute approximate surface area is 126 Å². The van der Waals surface area contributed by atoms with Crippen molar-refractivity contribution in [3.8, 4) is 5.75 Å². The van der Waals surface area contributed by atoms with E-state index in [1.54, 1.807) is 6.07 Å². The summed E-state index contributed by atoms with van der Waals surface area (Å²) in [5, 5.41) is 0. The third-order valence-corrected chi connectivity index (χ3v) is 5.26. The second-order valence-corrected chi connectivity index (χ2v) is 6.93. The first kappa shape index (κ1) is 17.2. The zero-order chi connectivity index (χ0) is 14.2. The monoisotopic (exact) mass is 320 g/mol. The van der Waals surface area contributed by atoms with Crippen LogP contribution in [0.1, 0.15) is 17.5 Å². The number of hydrogen-bond acceptors (Lipinski definition) is 4. The third kappa shape index (κ3) is 3.09. The number of nitrogens with two attached hydrogens (primary N) is 1. The van der Waals surface area contributed by atoms with Gasteiger partial charge in [-0.2, -0.15) is 4.31 Å². The number of nitrogens with zero attached hydrogens (tertiary/aromatic N) is 1. The van der Waals surface area contributed by atoms with Gasteiger partial charge in [0.25, 0.3) is 0 Å². The van der Waals surface area contributed by atoms with E-state index in [2.05, 4.69) is 0 Å². The Kier molecular flexibility index (Phi) is 5.43. The van der Waals surface area contributed by atoms with Crippen LogP contribution in [0.2, 0.25) is 0 Å². The van der Waals surface area contributed by atoms with Gasteiger partial charge in [0, 0.05) is 19.1 Å². The highest BCUT2D eigenvalue weighted by Crippen LogP contribution is 2.32. The van der Waals surface area contributed by atoms with E-state index >= 15 is 0 Å². The minimum atomic E-state index is -3.53. The molecule has 1 aromatic carbocycles. The Morgan fingerprint density at radius 3 is 2.50 bits per heavy atom. The van der Waals surface area contributed by atoms with Gasteiger partial charge in [-0.15, -0.1) is 12.4 Å². The van der Waals surface area contributed by atoms with Crippen LogP contribution in [0.3, 0.4) is 0 Å². The van der Waals surface area contributed by atoms with Gasteiger partial charge in [-0.1, -0.05) is 6.07 Å². The molecule has 0 aliphatic carbocycles. The molecule has 1 aliphatic heterocycles. The van der Waals surface area contributed by atoms with Crippen LogP contribution in [0.25, 0.3) is 0 Å². The van der Waals surface area contributed by atoms with Gasteiger partial charge in [0.2, 0.25) is 10.0 Å². The summed E-state index contributed by atoms with van der Waals surface area (Å²) >= 11 is 0. The van der Waals surface area contributed by atoms with E-state index < -0.39 is 10.0 Å². The molecule has 2 N–H and O–H groups in total. The molecule has 1 aromatic rings. The number of halogens is 1. The topological polar surface area (TPSA) is 72.6 Å². The largest absolute Gasteiger partial charge is 0.495 e. The molecule has 1 saturated heterocycles. The third-order valence-electron chi connectivity index (χ3n) is 3.39. The van der Waals surface area contributed by atoms with Crippen molar-refractivity contribution in [2.24, 2.45) is 5.73 Å². The fourth-order valence-electron chi connectivity index (χ4n) is 2.48. The lowest BCUT2D eigenvalue weighted by Gasteiger charge is -2.19. The van der Waals surface area contributed by atoms with Gasteiger partial charge in [-0.05, 0) is 37.5 Å². The van der Waals surface area contributed by atoms with Gasteiger partial charge in [0.1, 0.15) is 10.6 Å². The van der Waals surface area contributed by atoms with Crippen molar-refractivity contribution >= 4 is 22.4 Å². The lowest BCUT2D eigenvalue weighted by molar-refractivity contribution is 0.395. The van der Waals surface area contributed by atoms with E-state index in [-0.39, 0.29) is 23.3 Å². The standard InChI is InChI=1S/C13H20N2O3S.ClH/c1-9-6-10(2)13(18-3)12(7-9)19(16,17)15-5-4-11(14)8-15;/h6-7,11H,4-5,8,14H2,1-3H3;1H/t11-;/m0./s1. The first-order chi connectivity index (χ1) is 8.86. The Bertz CT molecular complexity index is 590. The molecule has 114 valence electrons. The zero-order valence-corrected chi connectivity index (χ0v) is 13.6. The van der Waals surface area contributed by atoms with Crippen molar-refractivity contribution in [1.29, 1.82) is 0 Å². The summed E-state index contributed by atoms with van der Waals surface area (Å²) in [6.45, 7) is 4.57.